The van der Waals surface area contributed by atoms with Gasteiger partial charge in [-0.1, -0.05) is 38.1 Å². The first-order valence-electron chi connectivity index (χ1n) is 8.95. The number of esters is 1. The van der Waals surface area contributed by atoms with Gasteiger partial charge in [0.15, 0.2) is 0 Å². The molecule has 124 valence electrons. The molecule has 2 heteroatoms. The van der Waals surface area contributed by atoms with E-state index < -0.39 is 0 Å². The second kappa shape index (κ2) is 6.51. The molecule has 0 bridgehead atoms. The lowest BCUT2D eigenvalue weighted by Gasteiger charge is -2.45. The predicted molar refractivity (Wildman–Crippen MR) is 93.2 cm³/mol. The van der Waals surface area contributed by atoms with Gasteiger partial charge in [-0.25, -0.2) is 4.79 Å². The van der Waals surface area contributed by atoms with E-state index in [1.807, 2.05) is 30.3 Å². The highest BCUT2D eigenvalue weighted by Crippen LogP contribution is 2.58. The number of rotatable bonds is 4. The van der Waals surface area contributed by atoms with E-state index in [2.05, 4.69) is 26.5 Å². The molecule has 0 radical (unpaired) electrons. The molecule has 0 aliphatic heterocycles. The Morgan fingerprint density at radius 2 is 2.04 bits per heavy atom. The van der Waals surface area contributed by atoms with Crippen molar-refractivity contribution in [3.8, 4) is 0 Å². The van der Waals surface area contributed by atoms with E-state index in [1.54, 1.807) is 0 Å². The van der Waals surface area contributed by atoms with Gasteiger partial charge < -0.3 is 4.74 Å². The molecular weight excluding hydrogens is 284 g/mol. The van der Waals surface area contributed by atoms with Crippen molar-refractivity contribution in [2.45, 2.75) is 52.1 Å². The van der Waals surface area contributed by atoms with Gasteiger partial charge in [0.05, 0.1) is 5.56 Å². The molecule has 0 heterocycles. The first-order valence-corrected chi connectivity index (χ1v) is 8.95. The van der Waals surface area contributed by atoms with Crippen LogP contribution in [0.4, 0.5) is 0 Å². The van der Waals surface area contributed by atoms with Gasteiger partial charge in [0.25, 0.3) is 0 Å². The number of carbonyl (C=O) groups excluding carboxylic acids is 1. The molecule has 0 spiro atoms. The van der Waals surface area contributed by atoms with Crippen LogP contribution in [0.3, 0.4) is 0 Å². The number of ether oxygens (including phenoxy) is 1. The highest BCUT2D eigenvalue weighted by atomic mass is 16.5. The standard InChI is InChI=1S/C21H28O2/c1-4-15(2)17-12-13-18-19(11-8-14-21(17,18)3)23-20(22)16-9-6-5-7-10-16/h4-7,9-10,15,17-19H,1,8,11-14H2,2-3H3/t15?,17-,18+,19+,21-/m1/s1. The molecule has 0 amide bonds. The summed E-state index contributed by atoms with van der Waals surface area (Å²) >= 11 is 0. The van der Waals surface area contributed by atoms with Crippen molar-refractivity contribution in [3.05, 3.63) is 48.6 Å². The van der Waals surface area contributed by atoms with Crippen LogP contribution in [0.2, 0.25) is 0 Å². The quantitative estimate of drug-likeness (QED) is 0.560. The van der Waals surface area contributed by atoms with Crippen LogP contribution in [0.25, 0.3) is 0 Å². The Morgan fingerprint density at radius 1 is 1.30 bits per heavy atom. The maximum absolute atomic E-state index is 12.4. The molecule has 23 heavy (non-hydrogen) atoms. The van der Waals surface area contributed by atoms with E-state index in [1.165, 1.54) is 19.3 Å². The number of carbonyl (C=O) groups is 1. The van der Waals surface area contributed by atoms with Crippen molar-refractivity contribution >= 4 is 5.97 Å². The zero-order valence-corrected chi connectivity index (χ0v) is 14.3. The van der Waals surface area contributed by atoms with Crippen LogP contribution in [0.15, 0.2) is 43.0 Å². The average Bonchev–Trinajstić information content (AvgIpc) is 2.93. The monoisotopic (exact) mass is 312 g/mol. The van der Waals surface area contributed by atoms with Crippen molar-refractivity contribution in [1.82, 2.24) is 0 Å². The van der Waals surface area contributed by atoms with Gasteiger partial charge in [-0.05, 0) is 61.5 Å². The Kier molecular flexibility index (Phi) is 4.61. The first kappa shape index (κ1) is 16.3. The van der Waals surface area contributed by atoms with Gasteiger partial charge in [0.1, 0.15) is 6.10 Å². The minimum Gasteiger partial charge on any atom is -0.458 e. The molecule has 1 unspecified atom stereocenters. The predicted octanol–water partition coefficient (Wildman–Crippen LogP) is 5.25. The molecule has 2 aliphatic carbocycles. The maximum Gasteiger partial charge on any atom is 0.338 e. The number of allylic oxidation sites excluding steroid dienone is 1. The molecule has 0 aromatic heterocycles. The van der Waals surface area contributed by atoms with Crippen molar-refractivity contribution in [2.75, 3.05) is 0 Å². The first-order chi connectivity index (χ1) is 11.1. The summed E-state index contributed by atoms with van der Waals surface area (Å²) in [5.74, 6) is 1.54. The molecule has 2 saturated carbocycles. The number of hydrogen-bond acceptors (Lipinski definition) is 2. The average molecular weight is 312 g/mol. The van der Waals surface area contributed by atoms with Crippen molar-refractivity contribution in [2.24, 2.45) is 23.2 Å². The summed E-state index contributed by atoms with van der Waals surface area (Å²) in [6.07, 6.45) is 7.98. The van der Waals surface area contributed by atoms with Crippen molar-refractivity contribution in [3.63, 3.8) is 0 Å². The smallest absolute Gasteiger partial charge is 0.338 e. The molecule has 2 aliphatic rings. The zero-order chi connectivity index (χ0) is 16.4. The van der Waals surface area contributed by atoms with Crippen LogP contribution in [0, 0.1) is 23.2 Å². The van der Waals surface area contributed by atoms with Crippen LogP contribution >= 0.6 is 0 Å². The van der Waals surface area contributed by atoms with Crippen LogP contribution in [-0.2, 0) is 4.74 Å². The molecule has 2 fully saturated rings. The van der Waals surface area contributed by atoms with E-state index in [-0.39, 0.29) is 17.5 Å². The van der Waals surface area contributed by atoms with Crippen LogP contribution < -0.4 is 0 Å². The van der Waals surface area contributed by atoms with Gasteiger partial charge in [-0.15, -0.1) is 6.58 Å². The second-order valence-corrected chi connectivity index (χ2v) is 7.59. The van der Waals surface area contributed by atoms with Gasteiger partial charge in [-0.2, -0.15) is 0 Å². The molecule has 3 rings (SSSR count). The lowest BCUT2D eigenvalue weighted by Crippen LogP contribution is -2.43. The van der Waals surface area contributed by atoms with Gasteiger partial charge in [-0.3, -0.25) is 0 Å². The molecule has 0 saturated heterocycles. The van der Waals surface area contributed by atoms with E-state index in [0.29, 0.717) is 23.3 Å². The summed E-state index contributed by atoms with van der Waals surface area (Å²) in [4.78, 5) is 12.4. The topological polar surface area (TPSA) is 26.3 Å². The summed E-state index contributed by atoms with van der Waals surface area (Å²) in [7, 11) is 0. The Balaban J connectivity index is 1.75. The molecule has 1 aromatic rings. The second-order valence-electron chi connectivity index (χ2n) is 7.59. The Bertz CT molecular complexity index is 564. The molecule has 1 aromatic carbocycles. The normalized spacial score (nSPS) is 34.4. The van der Waals surface area contributed by atoms with Crippen molar-refractivity contribution < 1.29 is 9.53 Å². The fourth-order valence-electron chi connectivity index (χ4n) is 5.11. The molecule has 2 nitrogen and oxygen atoms in total. The number of benzene rings is 1. The Morgan fingerprint density at radius 3 is 2.74 bits per heavy atom. The van der Waals surface area contributed by atoms with Crippen LogP contribution in [0.1, 0.15) is 56.3 Å². The summed E-state index contributed by atoms with van der Waals surface area (Å²) in [6, 6.07) is 9.37. The lowest BCUT2D eigenvalue weighted by molar-refractivity contribution is -0.0444. The Labute approximate surface area is 139 Å². The Hall–Kier alpha value is -1.57. The number of fused-ring (bicyclic) bond motifs is 1. The fraction of sp³-hybridized carbons (Fsp3) is 0.571. The van der Waals surface area contributed by atoms with Crippen LogP contribution in [-0.4, -0.2) is 12.1 Å². The summed E-state index contributed by atoms with van der Waals surface area (Å²) in [6.45, 7) is 8.69. The number of hydrogen-bond donors (Lipinski definition) is 0. The highest BCUT2D eigenvalue weighted by molar-refractivity contribution is 5.89. The molecular formula is C21H28O2. The lowest BCUT2D eigenvalue weighted by atomic mass is 9.62. The third kappa shape index (κ3) is 2.96. The summed E-state index contributed by atoms with van der Waals surface area (Å²) in [5.41, 5.74) is 0.946. The maximum atomic E-state index is 12.4. The highest BCUT2D eigenvalue weighted by Gasteiger charge is 2.53. The van der Waals surface area contributed by atoms with Gasteiger partial charge >= 0.3 is 5.97 Å². The fourth-order valence-corrected chi connectivity index (χ4v) is 5.11. The molecule has 0 N–H and O–H groups in total. The van der Waals surface area contributed by atoms with E-state index in [4.69, 9.17) is 4.74 Å². The van der Waals surface area contributed by atoms with E-state index in [0.717, 1.165) is 12.8 Å². The zero-order valence-electron chi connectivity index (χ0n) is 14.3. The third-order valence-corrected chi connectivity index (χ3v) is 6.41. The summed E-state index contributed by atoms with van der Waals surface area (Å²) < 4.78 is 5.95. The van der Waals surface area contributed by atoms with Gasteiger partial charge in [0.2, 0.25) is 0 Å². The molecule has 5 atom stereocenters. The third-order valence-electron chi connectivity index (χ3n) is 6.41. The van der Waals surface area contributed by atoms with Gasteiger partial charge in [0, 0.05) is 5.92 Å². The van der Waals surface area contributed by atoms with E-state index in [9.17, 15) is 4.79 Å². The summed E-state index contributed by atoms with van der Waals surface area (Å²) in [5, 5.41) is 0. The van der Waals surface area contributed by atoms with Crippen LogP contribution in [0.5, 0.6) is 0 Å². The minimum absolute atomic E-state index is 0.0727. The SMILES string of the molecule is C=CC(C)[C@H]1CC[C@H]2[C@@H](OC(=O)c3ccccc3)CCC[C@]12C. The van der Waals surface area contributed by atoms with Crippen molar-refractivity contribution in [1.29, 1.82) is 0 Å². The van der Waals surface area contributed by atoms with E-state index >= 15 is 0 Å². The largest absolute Gasteiger partial charge is 0.458 e. The minimum atomic E-state index is -0.167.